The molecule has 2 aliphatic rings. The number of halogens is 1. The fraction of sp³-hybridized carbons (Fsp3) is 0.364. The average Bonchev–Trinajstić information content (AvgIpc) is 3.34. The van der Waals surface area contributed by atoms with Gasteiger partial charge in [0.05, 0.1) is 10.9 Å². The van der Waals surface area contributed by atoms with Crippen LogP contribution in [0.5, 0.6) is 0 Å². The summed E-state index contributed by atoms with van der Waals surface area (Å²) in [5.74, 6) is 0.506. The van der Waals surface area contributed by atoms with Gasteiger partial charge in [0.1, 0.15) is 5.82 Å². The Hall–Kier alpha value is -2.62. The summed E-state index contributed by atoms with van der Waals surface area (Å²) in [6.45, 7) is 3.13. The van der Waals surface area contributed by atoms with Gasteiger partial charge in [0.2, 0.25) is 21.8 Å². The normalized spacial score (nSPS) is 21.5. The zero-order valence-corrected chi connectivity index (χ0v) is 18.1. The largest absolute Gasteiger partial charge is 0.419 e. The van der Waals surface area contributed by atoms with Gasteiger partial charge in [0.25, 0.3) is 0 Å². The molecule has 5 rings (SSSR count). The summed E-state index contributed by atoms with van der Waals surface area (Å²) in [6, 6.07) is 13.6. The van der Waals surface area contributed by atoms with E-state index in [-0.39, 0.29) is 16.4 Å². The van der Waals surface area contributed by atoms with Crippen molar-refractivity contribution < 1.29 is 17.2 Å². The van der Waals surface area contributed by atoms with Gasteiger partial charge in [-0.2, -0.15) is 4.31 Å². The van der Waals surface area contributed by atoms with E-state index in [0.717, 1.165) is 24.6 Å². The van der Waals surface area contributed by atoms with Crippen LogP contribution in [0.3, 0.4) is 0 Å². The molecular weight excluding hydrogens is 419 g/mol. The Kier molecular flexibility index (Phi) is 4.72. The van der Waals surface area contributed by atoms with Gasteiger partial charge >= 0.3 is 0 Å². The molecule has 31 heavy (non-hydrogen) atoms. The van der Waals surface area contributed by atoms with E-state index in [1.165, 1.54) is 16.4 Å². The molecule has 3 aromatic rings. The van der Waals surface area contributed by atoms with Crippen molar-refractivity contribution >= 4 is 10.0 Å². The highest BCUT2D eigenvalue weighted by Gasteiger charge is 2.55. The van der Waals surface area contributed by atoms with Crippen LogP contribution in [-0.4, -0.2) is 54.5 Å². The third-order valence-corrected chi connectivity index (χ3v) is 8.08. The molecule has 1 unspecified atom stereocenters. The summed E-state index contributed by atoms with van der Waals surface area (Å²) >= 11 is 0. The lowest BCUT2D eigenvalue weighted by Gasteiger charge is -2.46. The molecule has 9 heteroatoms. The molecule has 0 amide bonds. The first-order valence-corrected chi connectivity index (χ1v) is 11.6. The van der Waals surface area contributed by atoms with Crippen LogP contribution >= 0.6 is 0 Å². The molecule has 0 aliphatic carbocycles. The molecule has 1 atom stereocenters. The van der Waals surface area contributed by atoms with Crippen molar-refractivity contribution in [1.29, 1.82) is 0 Å². The topological polar surface area (TPSA) is 79.5 Å². The number of hydrogen-bond acceptors (Lipinski definition) is 6. The number of hydrogen-bond donors (Lipinski definition) is 0. The number of aryl methyl sites for hydroxylation is 1. The van der Waals surface area contributed by atoms with Crippen LogP contribution in [0.25, 0.3) is 11.5 Å². The minimum atomic E-state index is -3.71. The fourth-order valence-corrected chi connectivity index (χ4v) is 6.27. The molecule has 2 aliphatic heterocycles. The summed E-state index contributed by atoms with van der Waals surface area (Å²) in [7, 11) is -1.73. The van der Waals surface area contributed by atoms with Crippen molar-refractivity contribution in [1.82, 2.24) is 19.4 Å². The average molecular weight is 443 g/mol. The summed E-state index contributed by atoms with van der Waals surface area (Å²) < 4.78 is 47.1. The van der Waals surface area contributed by atoms with Gasteiger partial charge in [0, 0.05) is 30.6 Å². The molecule has 0 N–H and O–H groups in total. The van der Waals surface area contributed by atoms with Gasteiger partial charge in [-0.15, -0.1) is 10.2 Å². The zero-order valence-electron chi connectivity index (χ0n) is 17.3. The first kappa shape index (κ1) is 20.3. The predicted octanol–water partition coefficient (Wildman–Crippen LogP) is 3.25. The van der Waals surface area contributed by atoms with Crippen LogP contribution in [0.1, 0.15) is 23.9 Å². The highest BCUT2D eigenvalue weighted by atomic mass is 32.2. The lowest BCUT2D eigenvalue weighted by atomic mass is 9.79. The van der Waals surface area contributed by atoms with Crippen LogP contribution in [0.2, 0.25) is 0 Å². The van der Waals surface area contributed by atoms with Crippen molar-refractivity contribution in [2.24, 2.45) is 5.41 Å². The van der Waals surface area contributed by atoms with Crippen molar-refractivity contribution in [3.05, 3.63) is 65.8 Å². The minimum Gasteiger partial charge on any atom is -0.419 e. The van der Waals surface area contributed by atoms with Crippen LogP contribution in [-0.2, 0) is 10.0 Å². The maximum Gasteiger partial charge on any atom is 0.247 e. The third-order valence-electron chi connectivity index (χ3n) is 6.29. The first-order valence-electron chi connectivity index (χ1n) is 10.1. The van der Waals surface area contributed by atoms with Gasteiger partial charge in [-0.3, -0.25) is 4.90 Å². The van der Waals surface area contributed by atoms with Gasteiger partial charge in [-0.05, 0) is 50.2 Å². The molecule has 2 fully saturated rings. The summed E-state index contributed by atoms with van der Waals surface area (Å²) in [5.41, 5.74) is 1.12. The summed E-state index contributed by atoms with van der Waals surface area (Å²) in [4.78, 5) is 2.13. The molecule has 1 spiro atoms. The quantitative estimate of drug-likeness (QED) is 0.617. The van der Waals surface area contributed by atoms with Crippen LogP contribution < -0.4 is 0 Å². The van der Waals surface area contributed by atoms with Crippen LogP contribution in [0.4, 0.5) is 4.39 Å². The molecule has 0 saturated carbocycles. The Morgan fingerprint density at radius 1 is 1.10 bits per heavy atom. The highest BCUT2D eigenvalue weighted by Crippen LogP contribution is 2.49. The second-order valence-electron chi connectivity index (χ2n) is 8.63. The Balaban J connectivity index is 1.31. The van der Waals surface area contributed by atoms with E-state index in [4.69, 9.17) is 4.42 Å². The van der Waals surface area contributed by atoms with E-state index in [9.17, 15) is 12.8 Å². The minimum absolute atomic E-state index is 0.00208. The van der Waals surface area contributed by atoms with Gasteiger partial charge in [-0.25, -0.2) is 12.8 Å². The molecular formula is C22H23FN4O3S. The number of rotatable bonds is 4. The first-order chi connectivity index (χ1) is 14.8. The summed E-state index contributed by atoms with van der Waals surface area (Å²) in [5, 5.41) is 8.43. The fourth-order valence-electron chi connectivity index (χ4n) is 4.60. The van der Waals surface area contributed by atoms with E-state index in [1.54, 1.807) is 6.92 Å². The number of nitrogens with zero attached hydrogens (tertiary/aromatic N) is 4. The number of aromatic nitrogens is 2. The second kappa shape index (κ2) is 7.22. The summed E-state index contributed by atoms with van der Waals surface area (Å²) in [6.07, 6.45) is 0.730. The Morgan fingerprint density at radius 3 is 2.55 bits per heavy atom. The number of benzene rings is 2. The van der Waals surface area contributed by atoms with Crippen molar-refractivity contribution in [2.75, 3.05) is 26.7 Å². The standard InChI is InChI=1S/C22H23FN4O3S/c1-15-8-9-17(10-18(15)23)31(28,29)27-13-22(14-27)11-19(26(2)12-22)21-25-24-20(30-21)16-6-4-3-5-7-16/h3-10,19H,11-14H2,1-2H3. The zero-order chi connectivity index (χ0) is 21.8. The molecule has 1 aromatic heterocycles. The Labute approximate surface area is 180 Å². The third kappa shape index (κ3) is 3.46. The van der Waals surface area contributed by atoms with E-state index >= 15 is 0 Å². The molecule has 7 nitrogen and oxygen atoms in total. The van der Waals surface area contributed by atoms with Gasteiger partial charge < -0.3 is 4.42 Å². The molecule has 3 heterocycles. The highest BCUT2D eigenvalue weighted by molar-refractivity contribution is 7.89. The molecule has 162 valence electrons. The maximum absolute atomic E-state index is 13.9. The van der Waals surface area contributed by atoms with Crippen molar-refractivity contribution in [3.63, 3.8) is 0 Å². The Bertz CT molecular complexity index is 1220. The number of sulfonamides is 1. The van der Waals surface area contributed by atoms with E-state index in [0.29, 0.717) is 30.4 Å². The lowest BCUT2D eigenvalue weighted by Crippen LogP contribution is -2.59. The van der Waals surface area contributed by atoms with Gasteiger partial charge in [-0.1, -0.05) is 24.3 Å². The molecule has 0 radical (unpaired) electrons. The van der Waals surface area contributed by atoms with E-state index in [1.807, 2.05) is 37.4 Å². The SMILES string of the molecule is Cc1ccc(S(=O)(=O)N2CC3(CC(c4nnc(-c5ccccc5)o4)N(C)C3)C2)cc1F. The second-order valence-corrected chi connectivity index (χ2v) is 10.6. The van der Waals surface area contributed by atoms with Gasteiger partial charge in [0.15, 0.2) is 0 Å². The number of likely N-dealkylation sites (tertiary alicyclic amines) is 1. The molecule has 0 bridgehead atoms. The Morgan fingerprint density at radius 2 is 1.84 bits per heavy atom. The van der Waals surface area contributed by atoms with E-state index in [2.05, 4.69) is 15.1 Å². The van der Waals surface area contributed by atoms with Crippen molar-refractivity contribution in [3.8, 4) is 11.5 Å². The predicted molar refractivity (Wildman–Crippen MR) is 112 cm³/mol. The maximum atomic E-state index is 13.9. The molecule has 2 aromatic carbocycles. The lowest BCUT2D eigenvalue weighted by molar-refractivity contribution is 0.0808. The van der Waals surface area contributed by atoms with Crippen LogP contribution in [0, 0.1) is 18.2 Å². The van der Waals surface area contributed by atoms with Crippen molar-refractivity contribution in [2.45, 2.75) is 24.3 Å². The van der Waals surface area contributed by atoms with E-state index < -0.39 is 15.8 Å². The molecule has 2 saturated heterocycles. The monoisotopic (exact) mass is 442 g/mol. The van der Waals surface area contributed by atoms with Crippen LogP contribution in [0.15, 0.2) is 57.8 Å². The smallest absolute Gasteiger partial charge is 0.247 e.